The van der Waals surface area contributed by atoms with E-state index >= 15 is 0 Å². The maximum atomic E-state index is 12.1. The highest BCUT2D eigenvalue weighted by Crippen LogP contribution is 2.19. The van der Waals surface area contributed by atoms with Gasteiger partial charge in [-0.15, -0.1) is 0 Å². The van der Waals surface area contributed by atoms with E-state index in [1.807, 2.05) is 13.8 Å². The van der Waals surface area contributed by atoms with Crippen molar-refractivity contribution in [2.45, 2.75) is 66.5 Å². The summed E-state index contributed by atoms with van der Waals surface area (Å²) >= 11 is 0. The summed E-state index contributed by atoms with van der Waals surface area (Å²) in [5.41, 5.74) is 0. The van der Waals surface area contributed by atoms with Crippen molar-refractivity contribution in [1.29, 1.82) is 0 Å². The van der Waals surface area contributed by atoms with Gasteiger partial charge in [0, 0.05) is 12.1 Å². The standard InChI is InChI=1S/C15H29NO4/c1-7-19-14(17)10-13(9-11(3)4)16(12(5)6)15(18)20-8-2/h11-13H,7-10H2,1-6H3. The van der Waals surface area contributed by atoms with Crippen LogP contribution in [0.2, 0.25) is 0 Å². The Labute approximate surface area is 122 Å². The smallest absolute Gasteiger partial charge is 0.410 e. The summed E-state index contributed by atoms with van der Waals surface area (Å²) in [5, 5.41) is 0. The van der Waals surface area contributed by atoms with Gasteiger partial charge in [-0.3, -0.25) is 4.79 Å². The van der Waals surface area contributed by atoms with Crippen LogP contribution in [0.3, 0.4) is 0 Å². The Morgan fingerprint density at radius 1 is 1.00 bits per heavy atom. The number of nitrogens with zero attached hydrogens (tertiary/aromatic N) is 1. The van der Waals surface area contributed by atoms with Crippen molar-refractivity contribution < 1.29 is 19.1 Å². The number of ether oxygens (including phenoxy) is 2. The number of esters is 1. The lowest BCUT2D eigenvalue weighted by atomic mass is 9.99. The number of hydrogen-bond donors (Lipinski definition) is 0. The van der Waals surface area contributed by atoms with E-state index in [4.69, 9.17) is 9.47 Å². The molecule has 1 atom stereocenters. The number of amides is 1. The number of carbonyl (C=O) groups is 2. The molecule has 118 valence electrons. The average molecular weight is 287 g/mol. The van der Waals surface area contributed by atoms with E-state index in [0.717, 1.165) is 6.42 Å². The molecule has 0 bridgehead atoms. The lowest BCUT2D eigenvalue weighted by Gasteiger charge is -2.34. The van der Waals surface area contributed by atoms with Crippen LogP contribution in [0.25, 0.3) is 0 Å². The van der Waals surface area contributed by atoms with Gasteiger partial charge in [-0.25, -0.2) is 4.79 Å². The van der Waals surface area contributed by atoms with Crippen LogP contribution in [0, 0.1) is 5.92 Å². The van der Waals surface area contributed by atoms with E-state index < -0.39 is 0 Å². The molecule has 0 heterocycles. The van der Waals surface area contributed by atoms with Gasteiger partial charge in [0.05, 0.1) is 19.6 Å². The third-order valence-electron chi connectivity index (χ3n) is 2.88. The van der Waals surface area contributed by atoms with Crippen LogP contribution in [0.15, 0.2) is 0 Å². The molecule has 0 aliphatic rings. The van der Waals surface area contributed by atoms with Gasteiger partial charge in [0.1, 0.15) is 0 Å². The molecule has 0 aliphatic carbocycles. The summed E-state index contributed by atoms with van der Waals surface area (Å²) in [7, 11) is 0. The molecule has 0 aromatic rings. The first-order chi connectivity index (χ1) is 9.33. The van der Waals surface area contributed by atoms with Crippen molar-refractivity contribution in [3.8, 4) is 0 Å². The van der Waals surface area contributed by atoms with E-state index in [2.05, 4.69) is 13.8 Å². The second-order valence-electron chi connectivity index (χ2n) is 5.49. The summed E-state index contributed by atoms with van der Waals surface area (Å²) in [6.45, 7) is 12.2. The molecule has 5 nitrogen and oxygen atoms in total. The molecular formula is C15H29NO4. The molecule has 0 aromatic heterocycles. The molecule has 0 rings (SSSR count). The van der Waals surface area contributed by atoms with Crippen molar-refractivity contribution in [1.82, 2.24) is 4.90 Å². The van der Waals surface area contributed by atoms with Gasteiger partial charge < -0.3 is 14.4 Å². The molecule has 5 heteroatoms. The van der Waals surface area contributed by atoms with Gasteiger partial charge in [-0.2, -0.15) is 0 Å². The van der Waals surface area contributed by atoms with E-state index in [9.17, 15) is 9.59 Å². The third-order valence-corrected chi connectivity index (χ3v) is 2.88. The first kappa shape index (κ1) is 18.7. The predicted molar refractivity (Wildman–Crippen MR) is 78.5 cm³/mol. The molecule has 0 spiro atoms. The number of carbonyl (C=O) groups excluding carboxylic acids is 2. The fourth-order valence-corrected chi connectivity index (χ4v) is 2.23. The van der Waals surface area contributed by atoms with Crippen molar-refractivity contribution in [2.24, 2.45) is 5.92 Å². The highest BCUT2D eigenvalue weighted by Gasteiger charge is 2.30. The van der Waals surface area contributed by atoms with Crippen molar-refractivity contribution in [2.75, 3.05) is 13.2 Å². The molecule has 0 aromatic carbocycles. The average Bonchev–Trinajstić information content (AvgIpc) is 2.27. The van der Waals surface area contributed by atoms with Crippen molar-refractivity contribution in [3.05, 3.63) is 0 Å². The highest BCUT2D eigenvalue weighted by atomic mass is 16.6. The Hall–Kier alpha value is -1.26. The molecule has 1 unspecified atom stereocenters. The largest absolute Gasteiger partial charge is 0.466 e. The van der Waals surface area contributed by atoms with Gasteiger partial charge in [0.25, 0.3) is 0 Å². The molecule has 0 N–H and O–H groups in total. The minimum Gasteiger partial charge on any atom is -0.466 e. The second kappa shape index (κ2) is 9.61. The molecule has 20 heavy (non-hydrogen) atoms. The first-order valence-corrected chi connectivity index (χ1v) is 7.44. The number of rotatable bonds is 8. The van der Waals surface area contributed by atoms with Crippen LogP contribution in [0.5, 0.6) is 0 Å². The quantitative estimate of drug-likeness (QED) is 0.643. The zero-order chi connectivity index (χ0) is 15.7. The summed E-state index contributed by atoms with van der Waals surface area (Å²) in [4.78, 5) is 25.5. The summed E-state index contributed by atoms with van der Waals surface area (Å²) < 4.78 is 10.1. The van der Waals surface area contributed by atoms with Crippen molar-refractivity contribution >= 4 is 12.1 Å². The van der Waals surface area contributed by atoms with Crippen LogP contribution >= 0.6 is 0 Å². The van der Waals surface area contributed by atoms with Gasteiger partial charge in [-0.05, 0) is 40.0 Å². The first-order valence-electron chi connectivity index (χ1n) is 7.44. The Morgan fingerprint density at radius 3 is 1.95 bits per heavy atom. The van der Waals surface area contributed by atoms with Crippen LogP contribution < -0.4 is 0 Å². The fourth-order valence-electron chi connectivity index (χ4n) is 2.23. The molecule has 0 fully saturated rings. The summed E-state index contributed by atoms with van der Waals surface area (Å²) in [6, 6.07) is -0.208. The minimum atomic E-state index is -0.363. The fraction of sp³-hybridized carbons (Fsp3) is 0.867. The van der Waals surface area contributed by atoms with E-state index in [1.165, 1.54) is 0 Å². The Bertz CT molecular complexity index is 302. The molecular weight excluding hydrogens is 258 g/mol. The van der Waals surface area contributed by atoms with Crippen LogP contribution in [-0.4, -0.2) is 42.3 Å². The van der Waals surface area contributed by atoms with Gasteiger partial charge in [0.2, 0.25) is 0 Å². The Balaban J connectivity index is 5.00. The number of hydrogen-bond acceptors (Lipinski definition) is 4. The highest BCUT2D eigenvalue weighted by molar-refractivity contribution is 5.73. The SMILES string of the molecule is CCOC(=O)CC(CC(C)C)N(C(=O)OCC)C(C)C. The molecule has 0 radical (unpaired) electrons. The molecule has 1 amide bonds. The van der Waals surface area contributed by atoms with Crippen LogP contribution in [-0.2, 0) is 14.3 Å². The monoisotopic (exact) mass is 287 g/mol. The van der Waals surface area contributed by atoms with E-state index in [-0.39, 0.29) is 30.6 Å². The molecule has 0 saturated carbocycles. The lowest BCUT2D eigenvalue weighted by molar-refractivity contribution is -0.144. The zero-order valence-electron chi connectivity index (χ0n) is 13.6. The maximum Gasteiger partial charge on any atom is 0.410 e. The van der Waals surface area contributed by atoms with Gasteiger partial charge in [-0.1, -0.05) is 13.8 Å². The normalized spacial score (nSPS) is 12.4. The lowest BCUT2D eigenvalue weighted by Crippen LogP contribution is -2.46. The van der Waals surface area contributed by atoms with Gasteiger partial charge in [0.15, 0.2) is 0 Å². The van der Waals surface area contributed by atoms with Crippen molar-refractivity contribution in [3.63, 3.8) is 0 Å². The zero-order valence-corrected chi connectivity index (χ0v) is 13.6. The maximum absolute atomic E-state index is 12.1. The minimum absolute atomic E-state index is 0.0211. The second-order valence-corrected chi connectivity index (χ2v) is 5.49. The summed E-state index contributed by atoms with van der Waals surface area (Å²) in [5.74, 6) is 0.109. The van der Waals surface area contributed by atoms with E-state index in [1.54, 1.807) is 18.7 Å². The van der Waals surface area contributed by atoms with Gasteiger partial charge >= 0.3 is 12.1 Å². The Kier molecular flexibility index (Phi) is 9.01. The van der Waals surface area contributed by atoms with E-state index in [0.29, 0.717) is 19.1 Å². The topological polar surface area (TPSA) is 55.8 Å². The molecule has 0 saturated heterocycles. The predicted octanol–water partition coefficient (Wildman–Crippen LogP) is 3.22. The van der Waals surface area contributed by atoms with Crippen LogP contribution in [0.1, 0.15) is 54.4 Å². The third kappa shape index (κ3) is 6.78. The summed E-state index contributed by atoms with van der Waals surface area (Å²) in [6.07, 6.45) is 0.594. The Morgan fingerprint density at radius 2 is 1.55 bits per heavy atom. The molecule has 0 aliphatic heterocycles. The van der Waals surface area contributed by atoms with Crippen LogP contribution in [0.4, 0.5) is 4.79 Å².